The first-order chi connectivity index (χ1) is 11.5. The minimum absolute atomic E-state index is 0.0418. The molecule has 6 heteroatoms. The summed E-state index contributed by atoms with van der Waals surface area (Å²) in [6.45, 7) is 5.58. The van der Waals surface area contributed by atoms with E-state index in [1.807, 2.05) is 4.90 Å². The van der Waals surface area contributed by atoms with Gasteiger partial charge in [0.1, 0.15) is 11.5 Å². The van der Waals surface area contributed by atoms with E-state index in [0.717, 1.165) is 45.7 Å². The molecule has 0 N–H and O–H groups in total. The minimum Gasteiger partial charge on any atom is -0.497 e. The number of piperazine rings is 1. The lowest BCUT2D eigenvalue weighted by molar-refractivity contribution is 0.0633. The van der Waals surface area contributed by atoms with E-state index in [-0.39, 0.29) is 5.91 Å². The van der Waals surface area contributed by atoms with Crippen molar-refractivity contribution < 1.29 is 14.3 Å². The van der Waals surface area contributed by atoms with Crippen molar-refractivity contribution in [2.45, 2.75) is 6.42 Å². The van der Waals surface area contributed by atoms with Gasteiger partial charge in [-0.1, -0.05) is 0 Å². The van der Waals surface area contributed by atoms with Crippen LogP contribution in [0, 0.1) is 0 Å². The lowest BCUT2D eigenvalue weighted by Gasteiger charge is -2.35. The van der Waals surface area contributed by atoms with Gasteiger partial charge in [0.15, 0.2) is 0 Å². The number of amides is 1. The van der Waals surface area contributed by atoms with Gasteiger partial charge in [-0.05, 0) is 45.7 Å². The van der Waals surface area contributed by atoms with E-state index >= 15 is 0 Å². The van der Waals surface area contributed by atoms with Crippen molar-refractivity contribution in [3.05, 3.63) is 23.8 Å². The van der Waals surface area contributed by atoms with E-state index in [2.05, 4.69) is 23.9 Å². The molecule has 0 bridgehead atoms. The van der Waals surface area contributed by atoms with Crippen molar-refractivity contribution in [3.63, 3.8) is 0 Å². The monoisotopic (exact) mass is 335 g/mol. The zero-order chi connectivity index (χ0) is 17.5. The van der Waals surface area contributed by atoms with Crippen molar-refractivity contribution >= 4 is 5.91 Å². The quantitative estimate of drug-likeness (QED) is 0.754. The second-order valence-corrected chi connectivity index (χ2v) is 6.39. The first kappa shape index (κ1) is 18.5. The Morgan fingerprint density at radius 3 is 2.12 bits per heavy atom. The van der Waals surface area contributed by atoms with Gasteiger partial charge in [0.05, 0.1) is 14.2 Å². The summed E-state index contributed by atoms with van der Waals surface area (Å²) in [7, 11) is 7.38. The standard InChI is InChI=1S/C18H29N3O3/c1-19(2)6-5-7-20-8-10-21(11-9-20)18(22)15-12-16(23-3)14-17(13-15)24-4/h12-14H,5-11H2,1-4H3. The van der Waals surface area contributed by atoms with Gasteiger partial charge < -0.3 is 19.3 Å². The summed E-state index contributed by atoms with van der Waals surface area (Å²) >= 11 is 0. The average Bonchev–Trinajstić information content (AvgIpc) is 2.60. The Bertz CT molecular complexity index is 518. The molecule has 0 aromatic heterocycles. The van der Waals surface area contributed by atoms with E-state index in [1.165, 1.54) is 0 Å². The van der Waals surface area contributed by atoms with Crippen LogP contribution in [0.25, 0.3) is 0 Å². The predicted octanol–water partition coefficient (Wildman–Crippen LogP) is 1.41. The fourth-order valence-corrected chi connectivity index (χ4v) is 2.90. The topological polar surface area (TPSA) is 45.3 Å². The zero-order valence-corrected chi connectivity index (χ0v) is 15.2. The van der Waals surface area contributed by atoms with E-state index in [0.29, 0.717) is 17.1 Å². The van der Waals surface area contributed by atoms with Gasteiger partial charge in [-0.25, -0.2) is 0 Å². The molecule has 1 saturated heterocycles. The molecule has 6 nitrogen and oxygen atoms in total. The highest BCUT2D eigenvalue weighted by atomic mass is 16.5. The van der Waals surface area contributed by atoms with Crippen molar-refractivity contribution in [3.8, 4) is 11.5 Å². The number of benzene rings is 1. The van der Waals surface area contributed by atoms with Crippen LogP contribution in [0.3, 0.4) is 0 Å². The Morgan fingerprint density at radius 1 is 1.04 bits per heavy atom. The Labute approximate surface area is 144 Å². The Kier molecular flexibility index (Phi) is 6.87. The Hall–Kier alpha value is -1.79. The molecule has 24 heavy (non-hydrogen) atoms. The highest BCUT2D eigenvalue weighted by molar-refractivity contribution is 5.95. The molecule has 0 radical (unpaired) electrons. The molecule has 0 aliphatic carbocycles. The number of ether oxygens (including phenoxy) is 2. The molecular weight excluding hydrogens is 306 g/mol. The third kappa shape index (κ3) is 5.11. The zero-order valence-electron chi connectivity index (χ0n) is 15.2. The number of nitrogens with zero attached hydrogens (tertiary/aromatic N) is 3. The number of carbonyl (C=O) groups excluding carboxylic acids is 1. The summed E-state index contributed by atoms with van der Waals surface area (Å²) in [4.78, 5) is 19.3. The number of rotatable bonds is 7. The Balaban J connectivity index is 1.90. The third-order valence-corrected chi connectivity index (χ3v) is 4.34. The van der Waals surface area contributed by atoms with Crippen LogP contribution in [-0.4, -0.2) is 88.2 Å². The number of hydrogen-bond donors (Lipinski definition) is 0. The number of carbonyl (C=O) groups is 1. The highest BCUT2D eigenvalue weighted by Gasteiger charge is 2.22. The predicted molar refractivity (Wildman–Crippen MR) is 95.1 cm³/mol. The second-order valence-electron chi connectivity index (χ2n) is 6.39. The van der Waals surface area contributed by atoms with Gasteiger partial charge in [0.25, 0.3) is 5.91 Å². The van der Waals surface area contributed by atoms with Crippen LogP contribution in [0.2, 0.25) is 0 Å². The van der Waals surface area contributed by atoms with Crippen LogP contribution >= 0.6 is 0 Å². The van der Waals surface area contributed by atoms with Gasteiger partial charge >= 0.3 is 0 Å². The van der Waals surface area contributed by atoms with Crippen molar-refractivity contribution in [1.29, 1.82) is 0 Å². The van der Waals surface area contributed by atoms with Crippen molar-refractivity contribution in [2.24, 2.45) is 0 Å². The van der Waals surface area contributed by atoms with Crippen LogP contribution in [-0.2, 0) is 0 Å². The minimum atomic E-state index is 0.0418. The molecule has 0 atom stereocenters. The second kappa shape index (κ2) is 8.89. The molecule has 1 aliphatic heterocycles. The molecule has 1 heterocycles. The third-order valence-electron chi connectivity index (χ3n) is 4.34. The molecular formula is C18H29N3O3. The summed E-state index contributed by atoms with van der Waals surface area (Å²) < 4.78 is 10.5. The summed E-state index contributed by atoms with van der Waals surface area (Å²) in [5, 5.41) is 0. The van der Waals surface area contributed by atoms with Gasteiger partial charge in [0.2, 0.25) is 0 Å². The molecule has 1 aromatic rings. The van der Waals surface area contributed by atoms with Gasteiger partial charge in [-0.3, -0.25) is 9.69 Å². The summed E-state index contributed by atoms with van der Waals surface area (Å²) in [5.41, 5.74) is 0.618. The molecule has 1 amide bonds. The van der Waals surface area contributed by atoms with Crippen LogP contribution < -0.4 is 9.47 Å². The lowest BCUT2D eigenvalue weighted by Crippen LogP contribution is -2.49. The summed E-state index contributed by atoms with van der Waals surface area (Å²) in [5.74, 6) is 1.32. The number of hydrogen-bond acceptors (Lipinski definition) is 5. The number of methoxy groups -OCH3 is 2. The van der Waals surface area contributed by atoms with Crippen LogP contribution in [0.1, 0.15) is 16.8 Å². The van der Waals surface area contributed by atoms with Gasteiger partial charge in [0, 0.05) is 37.8 Å². The van der Waals surface area contributed by atoms with Crippen LogP contribution in [0.4, 0.5) is 0 Å². The molecule has 2 rings (SSSR count). The molecule has 1 aromatic carbocycles. The van der Waals surface area contributed by atoms with Gasteiger partial charge in [-0.2, -0.15) is 0 Å². The first-order valence-electron chi connectivity index (χ1n) is 8.43. The molecule has 0 unspecified atom stereocenters. The maximum absolute atomic E-state index is 12.7. The molecule has 1 aliphatic rings. The molecule has 0 spiro atoms. The lowest BCUT2D eigenvalue weighted by atomic mass is 10.1. The van der Waals surface area contributed by atoms with E-state index in [9.17, 15) is 4.79 Å². The van der Waals surface area contributed by atoms with E-state index < -0.39 is 0 Å². The highest BCUT2D eigenvalue weighted by Crippen LogP contribution is 2.23. The van der Waals surface area contributed by atoms with Crippen molar-refractivity contribution in [1.82, 2.24) is 14.7 Å². The maximum atomic E-state index is 12.7. The fraction of sp³-hybridized carbons (Fsp3) is 0.611. The molecule has 134 valence electrons. The van der Waals surface area contributed by atoms with E-state index in [4.69, 9.17) is 9.47 Å². The summed E-state index contributed by atoms with van der Waals surface area (Å²) in [6, 6.07) is 5.32. The normalized spacial score (nSPS) is 15.6. The van der Waals surface area contributed by atoms with Crippen LogP contribution in [0.5, 0.6) is 11.5 Å². The fourth-order valence-electron chi connectivity index (χ4n) is 2.90. The van der Waals surface area contributed by atoms with Crippen molar-refractivity contribution in [2.75, 3.05) is 67.6 Å². The first-order valence-corrected chi connectivity index (χ1v) is 8.43. The molecule has 0 saturated carbocycles. The van der Waals surface area contributed by atoms with Gasteiger partial charge in [-0.15, -0.1) is 0 Å². The summed E-state index contributed by atoms with van der Waals surface area (Å²) in [6.07, 6.45) is 1.16. The smallest absolute Gasteiger partial charge is 0.254 e. The van der Waals surface area contributed by atoms with Crippen LogP contribution in [0.15, 0.2) is 18.2 Å². The SMILES string of the molecule is COc1cc(OC)cc(C(=O)N2CCN(CCCN(C)C)CC2)c1. The maximum Gasteiger partial charge on any atom is 0.254 e. The Morgan fingerprint density at radius 2 is 1.62 bits per heavy atom. The van der Waals surface area contributed by atoms with E-state index in [1.54, 1.807) is 32.4 Å². The largest absolute Gasteiger partial charge is 0.497 e. The average molecular weight is 335 g/mol. The molecule has 1 fully saturated rings.